The van der Waals surface area contributed by atoms with Crippen LogP contribution in [0.15, 0.2) is 36.5 Å². The molecule has 3 nitrogen and oxygen atoms in total. The van der Waals surface area contributed by atoms with E-state index in [1.165, 1.54) is 0 Å². The van der Waals surface area contributed by atoms with E-state index in [2.05, 4.69) is 10.3 Å². The zero-order valence-electron chi connectivity index (χ0n) is 9.53. The first-order valence-electron chi connectivity index (χ1n) is 5.42. The van der Waals surface area contributed by atoms with Gasteiger partial charge in [0.25, 0.3) is 0 Å². The van der Waals surface area contributed by atoms with Crippen molar-refractivity contribution >= 4 is 29.0 Å². The van der Waals surface area contributed by atoms with Crippen LogP contribution in [0.4, 0.5) is 5.82 Å². The summed E-state index contributed by atoms with van der Waals surface area (Å²) in [7, 11) is 0. The molecule has 0 fully saturated rings. The minimum atomic E-state index is 0.0538. The molecule has 0 aliphatic rings. The lowest BCUT2D eigenvalue weighted by Gasteiger charge is -2.08. The van der Waals surface area contributed by atoms with Gasteiger partial charge in [-0.1, -0.05) is 47.5 Å². The Morgan fingerprint density at radius 2 is 1.78 bits per heavy atom. The maximum absolute atomic E-state index is 8.94. The maximum atomic E-state index is 8.94. The van der Waals surface area contributed by atoms with Crippen molar-refractivity contribution in [2.75, 3.05) is 5.32 Å². The van der Waals surface area contributed by atoms with Gasteiger partial charge in [-0.25, -0.2) is 4.98 Å². The smallest absolute Gasteiger partial charge is 0.145 e. The van der Waals surface area contributed by atoms with E-state index in [-0.39, 0.29) is 6.61 Å². The van der Waals surface area contributed by atoms with Crippen LogP contribution in [-0.2, 0) is 13.2 Å². The molecule has 1 heterocycles. The van der Waals surface area contributed by atoms with Gasteiger partial charge in [0.15, 0.2) is 0 Å². The average molecular weight is 283 g/mol. The number of anilines is 1. The van der Waals surface area contributed by atoms with Crippen molar-refractivity contribution in [1.82, 2.24) is 4.98 Å². The summed E-state index contributed by atoms with van der Waals surface area (Å²) in [5.74, 6) is 0.604. The van der Waals surface area contributed by atoms with Crippen LogP contribution in [0.1, 0.15) is 11.1 Å². The second-order valence-corrected chi connectivity index (χ2v) is 4.66. The van der Waals surface area contributed by atoms with Crippen molar-refractivity contribution in [2.24, 2.45) is 0 Å². The summed E-state index contributed by atoms with van der Waals surface area (Å²) in [5, 5.41) is 13.1. The van der Waals surface area contributed by atoms with Crippen LogP contribution >= 0.6 is 23.2 Å². The van der Waals surface area contributed by atoms with E-state index in [0.717, 1.165) is 11.1 Å². The van der Waals surface area contributed by atoms with Crippen molar-refractivity contribution < 1.29 is 5.11 Å². The normalized spacial score (nSPS) is 10.4. The van der Waals surface area contributed by atoms with Crippen LogP contribution in [0.3, 0.4) is 0 Å². The zero-order chi connectivity index (χ0) is 13.0. The van der Waals surface area contributed by atoms with Gasteiger partial charge in [0.05, 0.1) is 16.7 Å². The lowest BCUT2D eigenvalue weighted by atomic mass is 10.1. The largest absolute Gasteiger partial charge is 0.392 e. The molecule has 1 aromatic carbocycles. The molecule has 2 aromatic rings. The minimum Gasteiger partial charge on any atom is -0.392 e. The second kappa shape index (κ2) is 6.05. The molecule has 0 amide bonds. The molecule has 2 N–H and O–H groups in total. The third-order valence-electron chi connectivity index (χ3n) is 2.47. The average Bonchev–Trinajstić information content (AvgIpc) is 2.38. The Balaban J connectivity index is 2.02. The van der Waals surface area contributed by atoms with Crippen LogP contribution in [0, 0.1) is 0 Å². The maximum Gasteiger partial charge on any atom is 0.145 e. The third kappa shape index (κ3) is 3.35. The number of halogens is 2. The number of hydrogen-bond donors (Lipinski definition) is 2. The van der Waals surface area contributed by atoms with E-state index in [1.54, 1.807) is 12.3 Å². The summed E-state index contributed by atoms with van der Waals surface area (Å²) in [6.45, 7) is 0.665. The Kier molecular flexibility index (Phi) is 4.42. The molecule has 18 heavy (non-hydrogen) atoms. The van der Waals surface area contributed by atoms with Gasteiger partial charge in [-0.2, -0.15) is 0 Å². The number of aliphatic hydroxyl groups is 1. The van der Waals surface area contributed by atoms with Crippen molar-refractivity contribution in [3.8, 4) is 0 Å². The number of nitrogens with zero attached hydrogens (tertiary/aromatic N) is 1. The predicted molar refractivity (Wildman–Crippen MR) is 73.9 cm³/mol. The van der Waals surface area contributed by atoms with Crippen LogP contribution in [0.2, 0.25) is 10.0 Å². The topological polar surface area (TPSA) is 45.1 Å². The Labute approximate surface area is 115 Å². The van der Waals surface area contributed by atoms with Gasteiger partial charge >= 0.3 is 0 Å². The lowest BCUT2D eigenvalue weighted by molar-refractivity contribution is 0.282. The SMILES string of the molecule is OCc1ccc(CNc2ncc(Cl)cc2Cl)cc1. The van der Waals surface area contributed by atoms with Gasteiger partial charge in [0.1, 0.15) is 5.82 Å². The summed E-state index contributed by atoms with van der Waals surface area (Å²) in [6.07, 6.45) is 1.55. The molecular weight excluding hydrogens is 271 g/mol. The Morgan fingerprint density at radius 1 is 1.11 bits per heavy atom. The zero-order valence-corrected chi connectivity index (χ0v) is 11.0. The monoisotopic (exact) mass is 282 g/mol. The van der Waals surface area contributed by atoms with Crippen LogP contribution < -0.4 is 5.32 Å². The number of pyridine rings is 1. The van der Waals surface area contributed by atoms with Gasteiger partial charge in [0, 0.05) is 12.7 Å². The summed E-state index contributed by atoms with van der Waals surface area (Å²) in [4.78, 5) is 4.11. The number of nitrogens with one attached hydrogen (secondary N) is 1. The van der Waals surface area contributed by atoms with Gasteiger partial charge in [-0.15, -0.1) is 0 Å². The molecule has 0 atom stereocenters. The molecule has 94 valence electrons. The molecule has 0 radical (unpaired) electrons. The molecule has 1 aromatic heterocycles. The first-order valence-corrected chi connectivity index (χ1v) is 6.18. The number of benzene rings is 1. The fourth-order valence-electron chi connectivity index (χ4n) is 1.49. The molecule has 0 spiro atoms. The van der Waals surface area contributed by atoms with E-state index >= 15 is 0 Å². The first-order chi connectivity index (χ1) is 8.69. The first kappa shape index (κ1) is 13.1. The quantitative estimate of drug-likeness (QED) is 0.902. The Bertz CT molecular complexity index is 529. The van der Waals surface area contributed by atoms with Crippen LogP contribution in [0.25, 0.3) is 0 Å². The highest BCUT2D eigenvalue weighted by molar-refractivity contribution is 6.35. The second-order valence-electron chi connectivity index (χ2n) is 3.81. The number of aliphatic hydroxyl groups excluding tert-OH is 1. The summed E-state index contributed by atoms with van der Waals surface area (Å²) < 4.78 is 0. The number of rotatable bonds is 4. The third-order valence-corrected chi connectivity index (χ3v) is 2.97. The molecular formula is C13H12Cl2N2O. The van der Waals surface area contributed by atoms with Crippen molar-refractivity contribution in [3.05, 3.63) is 57.7 Å². The van der Waals surface area contributed by atoms with Crippen molar-refractivity contribution in [3.63, 3.8) is 0 Å². The Hall–Kier alpha value is -1.29. The molecule has 0 saturated carbocycles. The van der Waals surface area contributed by atoms with Crippen LogP contribution in [-0.4, -0.2) is 10.1 Å². The van der Waals surface area contributed by atoms with Crippen molar-refractivity contribution in [1.29, 1.82) is 0 Å². The highest BCUT2D eigenvalue weighted by atomic mass is 35.5. The molecule has 5 heteroatoms. The van der Waals surface area contributed by atoms with Gasteiger partial charge in [-0.05, 0) is 17.2 Å². The predicted octanol–water partition coefficient (Wildman–Crippen LogP) is 3.49. The molecule has 0 aliphatic heterocycles. The summed E-state index contributed by atoms with van der Waals surface area (Å²) >= 11 is 11.8. The Morgan fingerprint density at radius 3 is 2.39 bits per heavy atom. The highest BCUT2D eigenvalue weighted by Crippen LogP contribution is 2.22. The summed E-state index contributed by atoms with van der Waals surface area (Å²) in [6, 6.07) is 9.31. The van der Waals surface area contributed by atoms with Gasteiger partial charge < -0.3 is 10.4 Å². The van der Waals surface area contributed by atoms with E-state index < -0.39 is 0 Å². The summed E-state index contributed by atoms with van der Waals surface area (Å²) in [5.41, 5.74) is 1.97. The standard InChI is InChI=1S/C13H12Cl2N2O/c14-11-5-12(15)13(17-7-11)16-6-9-1-3-10(8-18)4-2-9/h1-5,7,18H,6,8H2,(H,16,17). The highest BCUT2D eigenvalue weighted by Gasteiger charge is 2.02. The van der Waals surface area contributed by atoms with E-state index in [0.29, 0.717) is 22.4 Å². The molecule has 0 bridgehead atoms. The number of hydrogen-bond acceptors (Lipinski definition) is 3. The minimum absolute atomic E-state index is 0.0538. The fourth-order valence-corrected chi connectivity index (χ4v) is 1.94. The molecule has 0 unspecified atom stereocenters. The van der Waals surface area contributed by atoms with E-state index in [1.807, 2.05) is 24.3 Å². The lowest BCUT2D eigenvalue weighted by Crippen LogP contribution is -2.02. The molecule has 2 rings (SSSR count). The number of aromatic nitrogens is 1. The van der Waals surface area contributed by atoms with Crippen LogP contribution in [0.5, 0.6) is 0 Å². The van der Waals surface area contributed by atoms with Gasteiger partial charge in [0.2, 0.25) is 0 Å². The fraction of sp³-hybridized carbons (Fsp3) is 0.154. The molecule has 0 aliphatic carbocycles. The van der Waals surface area contributed by atoms with E-state index in [9.17, 15) is 0 Å². The van der Waals surface area contributed by atoms with Crippen molar-refractivity contribution in [2.45, 2.75) is 13.2 Å². The molecule has 0 saturated heterocycles. The van der Waals surface area contributed by atoms with E-state index in [4.69, 9.17) is 28.3 Å². The van der Waals surface area contributed by atoms with Gasteiger partial charge in [-0.3, -0.25) is 0 Å².